The van der Waals surface area contributed by atoms with E-state index in [2.05, 4.69) is 27.1 Å². The molecule has 2 aromatic rings. The van der Waals surface area contributed by atoms with Crippen molar-refractivity contribution in [3.63, 3.8) is 0 Å². The predicted octanol–water partition coefficient (Wildman–Crippen LogP) is 2.93. The van der Waals surface area contributed by atoms with Gasteiger partial charge in [-0.25, -0.2) is 4.98 Å². The van der Waals surface area contributed by atoms with Crippen LogP contribution in [0.5, 0.6) is 0 Å². The maximum absolute atomic E-state index is 11.2. The molecule has 0 radical (unpaired) electrons. The summed E-state index contributed by atoms with van der Waals surface area (Å²) in [4.78, 5) is 22.1. The highest BCUT2D eigenvalue weighted by Gasteiger charge is 2.21. The predicted molar refractivity (Wildman–Crippen MR) is 102 cm³/mol. The minimum absolute atomic E-state index is 0.0745. The van der Waals surface area contributed by atoms with Crippen molar-refractivity contribution in [2.45, 2.75) is 39.2 Å². The first kappa shape index (κ1) is 18.1. The number of hydrogen-bond acceptors (Lipinski definition) is 7. The van der Waals surface area contributed by atoms with E-state index in [-0.39, 0.29) is 16.7 Å². The van der Waals surface area contributed by atoms with Gasteiger partial charge in [0.1, 0.15) is 5.82 Å². The first-order valence-electron chi connectivity index (χ1n) is 8.87. The fourth-order valence-electron chi connectivity index (χ4n) is 3.09. The molecule has 0 unspecified atom stereocenters. The fraction of sp³-hybridized carbons (Fsp3) is 0.444. The van der Waals surface area contributed by atoms with E-state index in [9.17, 15) is 10.1 Å². The smallest absolute Gasteiger partial charge is 0.274 e. The summed E-state index contributed by atoms with van der Waals surface area (Å²) in [5.74, 6) is 1.30. The molecule has 1 aliphatic rings. The van der Waals surface area contributed by atoms with Crippen molar-refractivity contribution in [1.29, 1.82) is 0 Å². The van der Waals surface area contributed by atoms with Crippen molar-refractivity contribution in [3.05, 3.63) is 45.6 Å². The molecule has 1 fully saturated rings. The molecular weight excluding hydrogens is 332 g/mol. The van der Waals surface area contributed by atoms with Gasteiger partial charge in [0, 0.05) is 48.2 Å². The molecule has 26 heavy (non-hydrogen) atoms. The minimum Gasteiger partial charge on any atom is -0.355 e. The summed E-state index contributed by atoms with van der Waals surface area (Å²) in [6.07, 6.45) is 2.77. The number of nitro benzene ring substituents is 1. The highest BCUT2D eigenvalue weighted by Crippen LogP contribution is 2.26. The lowest BCUT2D eigenvalue weighted by atomic mass is 10.2. The van der Waals surface area contributed by atoms with Gasteiger partial charge in [0.2, 0.25) is 5.95 Å². The zero-order chi connectivity index (χ0) is 18.7. The monoisotopic (exact) mass is 356 g/mol. The lowest BCUT2D eigenvalue weighted by Crippen LogP contribution is -2.27. The molecule has 0 spiro atoms. The van der Waals surface area contributed by atoms with Gasteiger partial charge in [0.05, 0.1) is 4.92 Å². The van der Waals surface area contributed by atoms with Gasteiger partial charge < -0.3 is 16.0 Å². The average molecular weight is 356 g/mol. The number of aryl methyl sites for hydroxylation is 2. The second kappa shape index (κ2) is 7.65. The molecule has 0 aliphatic carbocycles. The number of nitrogens with zero attached hydrogens (tertiary/aromatic N) is 4. The molecule has 1 saturated heterocycles. The van der Waals surface area contributed by atoms with E-state index in [4.69, 9.17) is 5.73 Å². The summed E-state index contributed by atoms with van der Waals surface area (Å²) in [6, 6.07) is 7.19. The minimum atomic E-state index is -0.383. The molecule has 0 saturated carbocycles. The molecule has 2 heterocycles. The van der Waals surface area contributed by atoms with Crippen LogP contribution in [0.3, 0.4) is 0 Å². The average Bonchev–Trinajstić information content (AvgIpc) is 3.03. The van der Waals surface area contributed by atoms with Crippen LogP contribution in [-0.2, 0) is 6.42 Å². The molecular formula is C18H24N6O2. The summed E-state index contributed by atoms with van der Waals surface area (Å²) >= 11 is 0. The molecule has 3 N–H and O–H groups in total. The van der Waals surface area contributed by atoms with Gasteiger partial charge in [-0.1, -0.05) is 19.4 Å². The second-order valence-electron chi connectivity index (χ2n) is 6.67. The molecule has 1 aliphatic heterocycles. The van der Waals surface area contributed by atoms with Gasteiger partial charge in [-0.05, 0) is 25.8 Å². The van der Waals surface area contributed by atoms with Gasteiger partial charge in [-0.15, -0.1) is 0 Å². The number of hydrogen-bond donors (Lipinski definition) is 2. The quantitative estimate of drug-likeness (QED) is 0.605. The number of aromatic nitrogens is 2. The van der Waals surface area contributed by atoms with Gasteiger partial charge in [-0.3, -0.25) is 10.1 Å². The number of nitrogens with one attached hydrogen (secondary N) is 1. The Labute approximate surface area is 152 Å². The van der Waals surface area contributed by atoms with Gasteiger partial charge >= 0.3 is 0 Å². The Morgan fingerprint density at radius 2 is 2.19 bits per heavy atom. The van der Waals surface area contributed by atoms with Gasteiger partial charge in [0.15, 0.2) is 0 Å². The van der Waals surface area contributed by atoms with E-state index in [1.807, 2.05) is 6.07 Å². The lowest BCUT2D eigenvalue weighted by molar-refractivity contribution is -0.385. The number of nitro groups is 1. The van der Waals surface area contributed by atoms with Crippen LogP contribution in [-0.4, -0.2) is 34.0 Å². The Morgan fingerprint density at radius 3 is 2.85 bits per heavy atom. The van der Waals surface area contributed by atoms with Crippen LogP contribution in [0.25, 0.3) is 0 Å². The molecule has 1 aromatic carbocycles. The molecule has 1 aromatic heterocycles. The molecule has 0 bridgehead atoms. The van der Waals surface area contributed by atoms with E-state index in [0.29, 0.717) is 17.2 Å². The first-order chi connectivity index (χ1) is 12.5. The van der Waals surface area contributed by atoms with Crippen molar-refractivity contribution in [2.75, 3.05) is 23.3 Å². The van der Waals surface area contributed by atoms with Crippen LogP contribution in [0.15, 0.2) is 24.3 Å². The Morgan fingerprint density at radius 1 is 1.38 bits per heavy atom. The Kier molecular flexibility index (Phi) is 5.32. The lowest BCUT2D eigenvalue weighted by Gasteiger charge is -2.19. The van der Waals surface area contributed by atoms with E-state index in [1.54, 1.807) is 19.1 Å². The highest BCUT2D eigenvalue weighted by molar-refractivity contribution is 5.61. The molecule has 8 nitrogen and oxygen atoms in total. The standard InChI is InChI=1S/C18H24N6O2/c1-3-4-14-10-17(23-8-7-13(19)11-23)22-18(20-14)21-15-6-5-12(2)16(9-15)24(25)26/h5-6,9-10,13H,3-4,7-8,11,19H2,1-2H3,(H,20,21,22)/t13-/m0/s1. The normalized spacial score (nSPS) is 16.7. The van der Waals surface area contributed by atoms with Crippen molar-refractivity contribution < 1.29 is 4.92 Å². The van der Waals surface area contributed by atoms with E-state index in [1.165, 1.54) is 6.07 Å². The van der Waals surface area contributed by atoms with Crippen LogP contribution in [0, 0.1) is 17.0 Å². The van der Waals surface area contributed by atoms with Crippen LogP contribution in [0.1, 0.15) is 31.0 Å². The van der Waals surface area contributed by atoms with E-state index in [0.717, 1.165) is 43.9 Å². The molecule has 138 valence electrons. The maximum Gasteiger partial charge on any atom is 0.274 e. The van der Waals surface area contributed by atoms with Crippen LogP contribution >= 0.6 is 0 Å². The topological polar surface area (TPSA) is 110 Å². The zero-order valence-corrected chi connectivity index (χ0v) is 15.1. The summed E-state index contributed by atoms with van der Waals surface area (Å²) in [7, 11) is 0. The first-order valence-corrected chi connectivity index (χ1v) is 8.87. The summed E-state index contributed by atoms with van der Waals surface area (Å²) in [5, 5.41) is 14.3. The third kappa shape index (κ3) is 4.08. The van der Waals surface area contributed by atoms with Crippen molar-refractivity contribution in [1.82, 2.24) is 9.97 Å². The van der Waals surface area contributed by atoms with Crippen LogP contribution in [0.2, 0.25) is 0 Å². The third-order valence-corrected chi connectivity index (χ3v) is 4.48. The number of benzene rings is 1. The van der Waals surface area contributed by atoms with Crippen molar-refractivity contribution >= 4 is 23.1 Å². The number of anilines is 3. The fourth-order valence-corrected chi connectivity index (χ4v) is 3.09. The summed E-state index contributed by atoms with van der Waals surface area (Å²) in [5.41, 5.74) is 8.25. The van der Waals surface area contributed by atoms with E-state index < -0.39 is 0 Å². The zero-order valence-electron chi connectivity index (χ0n) is 15.1. The van der Waals surface area contributed by atoms with Gasteiger partial charge in [0.25, 0.3) is 5.69 Å². The van der Waals surface area contributed by atoms with Crippen LogP contribution < -0.4 is 16.0 Å². The Hall–Kier alpha value is -2.74. The summed E-state index contributed by atoms with van der Waals surface area (Å²) in [6.45, 7) is 5.47. The molecule has 0 amide bonds. The third-order valence-electron chi connectivity index (χ3n) is 4.48. The van der Waals surface area contributed by atoms with Gasteiger partial charge in [-0.2, -0.15) is 4.98 Å². The molecule has 8 heteroatoms. The second-order valence-corrected chi connectivity index (χ2v) is 6.67. The molecule has 3 rings (SSSR count). The van der Waals surface area contributed by atoms with Crippen molar-refractivity contribution in [2.24, 2.45) is 5.73 Å². The number of rotatable bonds is 6. The highest BCUT2D eigenvalue weighted by atomic mass is 16.6. The van der Waals surface area contributed by atoms with Crippen LogP contribution in [0.4, 0.5) is 23.1 Å². The maximum atomic E-state index is 11.2. The SMILES string of the molecule is CCCc1cc(N2CC[C@H](N)C2)nc(Nc2ccc(C)c([N+](=O)[O-])c2)n1. The summed E-state index contributed by atoms with van der Waals surface area (Å²) < 4.78 is 0. The Balaban J connectivity index is 1.90. The largest absolute Gasteiger partial charge is 0.355 e. The van der Waals surface area contributed by atoms with E-state index >= 15 is 0 Å². The molecule has 1 atom stereocenters. The van der Waals surface area contributed by atoms with Crippen molar-refractivity contribution in [3.8, 4) is 0 Å². The Bertz CT molecular complexity index is 810. The number of nitrogens with two attached hydrogens (primary N) is 1.